The molecule has 0 aliphatic carbocycles. The van der Waals surface area contributed by atoms with E-state index >= 15 is 4.39 Å². The zero-order valence-electron chi connectivity index (χ0n) is 27.5. The molecule has 1 saturated heterocycles. The van der Waals surface area contributed by atoms with Crippen LogP contribution >= 0.6 is 0 Å². The average molecular weight is 658 g/mol. The molecule has 12 heteroatoms. The van der Waals surface area contributed by atoms with Crippen LogP contribution in [0.3, 0.4) is 0 Å². The van der Waals surface area contributed by atoms with Crippen molar-refractivity contribution in [3.8, 4) is 11.1 Å². The lowest BCUT2D eigenvalue weighted by Gasteiger charge is -2.43. The third-order valence-corrected chi connectivity index (χ3v) is 9.05. The molecule has 0 saturated carbocycles. The smallest absolute Gasteiger partial charge is 0.406 e. The number of carbonyl (C=O) groups excluding carboxylic acids is 2. The van der Waals surface area contributed by atoms with Gasteiger partial charge in [-0.1, -0.05) is 54.1 Å². The number of aromatic amines is 1. The van der Waals surface area contributed by atoms with Crippen molar-refractivity contribution in [2.75, 3.05) is 33.3 Å². The number of hydrogen-bond donors (Lipinski definition) is 4. The predicted octanol–water partition coefficient (Wildman–Crippen LogP) is 4.91. The number of tetrazole rings is 1. The summed E-state index contributed by atoms with van der Waals surface area (Å²) < 4.78 is 20.4. The van der Waals surface area contributed by atoms with Crippen molar-refractivity contribution in [1.82, 2.24) is 36.2 Å². The Morgan fingerprint density at radius 3 is 2.67 bits per heavy atom. The van der Waals surface area contributed by atoms with E-state index in [1.165, 1.54) is 13.2 Å². The van der Waals surface area contributed by atoms with Crippen molar-refractivity contribution in [2.45, 2.75) is 57.6 Å². The highest BCUT2D eigenvalue weighted by Crippen LogP contribution is 2.44. The number of H-pyrrole nitrogens is 1. The number of carbonyl (C=O) groups is 2. The SMILES string of the molecule is COC(=O)NCCC[C@@](O)(c1cccc(F)c1-c1cccc(C)c1)[C@@H]1CCCN(C(=O)c2ccc(CNCCCc3nnn[nH]3)cc2)C1. The summed E-state index contributed by atoms with van der Waals surface area (Å²) in [5, 5.41) is 32.6. The summed E-state index contributed by atoms with van der Waals surface area (Å²) in [4.78, 5) is 27.3. The number of piperidine rings is 1. The molecule has 254 valence electrons. The van der Waals surface area contributed by atoms with Gasteiger partial charge in [0.25, 0.3) is 5.91 Å². The Balaban J connectivity index is 1.31. The number of rotatable bonds is 14. The predicted molar refractivity (Wildman–Crippen MR) is 179 cm³/mol. The number of halogens is 1. The number of amides is 2. The van der Waals surface area contributed by atoms with Crippen LogP contribution in [-0.4, -0.2) is 75.9 Å². The number of nitrogens with one attached hydrogen (secondary N) is 3. The highest BCUT2D eigenvalue weighted by atomic mass is 19.1. The Kier molecular flexibility index (Phi) is 11.9. The van der Waals surface area contributed by atoms with Crippen LogP contribution in [0.2, 0.25) is 0 Å². The fourth-order valence-electron chi connectivity index (χ4n) is 6.56. The fraction of sp³-hybridized carbons (Fsp3) is 0.417. The Hall–Kier alpha value is -4.68. The molecule has 0 spiro atoms. The Morgan fingerprint density at radius 2 is 1.92 bits per heavy atom. The quantitative estimate of drug-likeness (QED) is 0.140. The molecular formula is C36H44FN7O4. The minimum atomic E-state index is -1.47. The van der Waals surface area contributed by atoms with Gasteiger partial charge in [-0.05, 0) is 90.9 Å². The molecule has 5 rings (SSSR count). The first kappa shape index (κ1) is 34.6. The van der Waals surface area contributed by atoms with Gasteiger partial charge in [-0.25, -0.2) is 14.3 Å². The van der Waals surface area contributed by atoms with Crippen LogP contribution in [0.1, 0.15) is 65.0 Å². The maximum atomic E-state index is 15.7. The minimum Gasteiger partial charge on any atom is -0.453 e. The van der Waals surface area contributed by atoms with E-state index in [0.717, 1.165) is 36.3 Å². The van der Waals surface area contributed by atoms with Gasteiger partial charge in [-0.15, -0.1) is 5.10 Å². The van der Waals surface area contributed by atoms with Gasteiger partial charge in [-0.2, -0.15) is 0 Å². The Labute approximate surface area is 280 Å². The number of benzene rings is 3. The molecule has 1 aliphatic heterocycles. The molecule has 1 aliphatic rings. The lowest BCUT2D eigenvalue weighted by molar-refractivity contribution is -0.0564. The number of nitrogens with zero attached hydrogens (tertiary/aromatic N) is 4. The summed E-state index contributed by atoms with van der Waals surface area (Å²) in [5.41, 5.74) is 2.66. The van der Waals surface area contributed by atoms with E-state index in [1.54, 1.807) is 17.0 Å². The maximum absolute atomic E-state index is 15.7. The summed E-state index contributed by atoms with van der Waals surface area (Å²) in [7, 11) is 1.30. The van der Waals surface area contributed by atoms with E-state index in [4.69, 9.17) is 4.74 Å². The second kappa shape index (κ2) is 16.4. The zero-order chi connectivity index (χ0) is 33.9. The molecule has 2 heterocycles. The zero-order valence-corrected chi connectivity index (χ0v) is 27.5. The summed E-state index contributed by atoms with van der Waals surface area (Å²) in [6.07, 6.45) is 3.12. The Bertz CT molecular complexity index is 1650. The first-order valence-electron chi connectivity index (χ1n) is 16.5. The molecule has 1 aromatic heterocycles. The summed E-state index contributed by atoms with van der Waals surface area (Å²) in [6.45, 7) is 4.57. The van der Waals surface area contributed by atoms with Gasteiger partial charge < -0.3 is 25.4 Å². The number of hydrogen-bond acceptors (Lipinski definition) is 8. The monoisotopic (exact) mass is 657 g/mol. The molecule has 11 nitrogen and oxygen atoms in total. The van der Waals surface area contributed by atoms with Crippen molar-refractivity contribution in [2.24, 2.45) is 5.92 Å². The van der Waals surface area contributed by atoms with Gasteiger partial charge in [0, 0.05) is 49.6 Å². The van der Waals surface area contributed by atoms with Crippen LogP contribution in [0.5, 0.6) is 0 Å². The van der Waals surface area contributed by atoms with Gasteiger partial charge in [0.05, 0.1) is 12.7 Å². The van der Waals surface area contributed by atoms with Gasteiger partial charge in [-0.3, -0.25) is 4.79 Å². The van der Waals surface area contributed by atoms with Gasteiger partial charge in [0.2, 0.25) is 0 Å². The molecule has 0 radical (unpaired) electrons. The number of alkyl carbamates (subject to hydrolysis) is 1. The number of likely N-dealkylation sites (tertiary alicyclic amines) is 1. The van der Waals surface area contributed by atoms with E-state index in [-0.39, 0.29) is 24.8 Å². The number of aliphatic hydroxyl groups is 1. The van der Waals surface area contributed by atoms with Crippen molar-refractivity contribution >= 4 is 12.0 Å². The van der Waals surface area contributed by atoms with Crippen LogP contribution in [0, 0.1) is 18.7 Å². The molecule has 0 bridgehead atoms. The van der Waals surface area contributed by atoms with Crippen LogP contribution in [-0.2, 0) is 23.3 Å². The molecule has 48 heavy (non-hydrogen) atoms. The molecule has 3 aromatic carbocycles. The van der Waals surface area contributed by atoms with Gasteiger partial charge >= 0.3 is 6.09 Å². The third kappa shape index (κ3) is 8.61. The van der Waals surface area contributed by atoms with Crippen molar-refractivity contribution in [1.29, 1.82) is 0 Å². The molecular weight excluding hydrogens is 613 g/mol. The van der Waals surface area contributed by atoms with Crippen molar-refractivity contribution < 1.29 is 23.8 Å². The molecule has 0 unspecified atom stereocenters. The second-order valence-electron chi connectivity index (χ2n) is 12.4. The number of aromatic nitrogens is 4. The van der Waals surface area contributed by atoms with E-state index in [2.05, 4.69) is 31.3 Å². The van der Waals surface area contributed by atoms with E-state index in [0.29, 0.717) is 61.2 Å². The lowest BCUT2D eigenvalue weighted by atomic mass is 9.72. The average Bonchev–Trinajstić information content (AvgIpc) is 3.63. The van der Waals surface area contributed by atoms with Crippen molar-refractivity contribution in [3.63, 3.8) is 0 Å². The Morgan fingerprint density at radius 1 is 1.10 bits per heavy atom. The van der Waals surface area contributed by atoms with Gasteiger partial charge in [0.1, 0.15) is 11.6 Å². The van der Waals surface area contributed by atoms with Gasteiger partial charge in [0.15, 0.2) is 0 Å². The highest BCUT2D eigenvalue weighted by molar-refractivity contribution is 5.94. The summed E-state index contributed by atoms with van der Waals surface area (Å²) in [5.74, 6) is -0.131. The fourth-order valence-corrected chi connectivity index (χ4v) is 6.56. The van der Waals surface area contributed by atoms with Crippen LogP contribution in [0.4, 0.5) is 9.18 Å². The summed E-state index contributed by atoms with van der Waals surface area (Å²) in [6, 6.07) is 20.0. The number of ether oxygens (including phenoxy) is 1. The molecule has 2 atom stereocenters. The first-order chi connectivity index (χ1) is 23.3. The van der Waals surface area contributed by atoms with Crippen LogP contribution < -0.4 is 10.6 Å². The van der Waals surface area contributed by atoms with Crippen molar-refractivity contribution in [3.05, 3.63) is 101 Å². The standard InChI is InChI=1S/C36H44FN7O4/c1-25-8-3-9-28(22-25)33-30(11-4-12-31(33)37)36(47,18-7-20-39-35(46)48-2)29-10-6-21-44(24-29)34(45)27-16-14-26(15-17-27)23-38-19-5-13-32-40-42-43-41-32/h3-4,8-9,11-12,14-17,22,29,38,47H,5-7,10,13,18-21,23-24H2,1-2H3,(H,39,46)(H,40,41,42,43)/t29-,36+/m1/s1. The number of methoxy groups -OCH3 is 1. The van der Waals surface area contributed by atoms with E-state index < -0.39 is 17.5 Å². The lowest BCUT2D eigenvalue weighted by Crippen LogP contribution is -2.48. The normalized spacial score (nSPS) is 15.9. The minimum absolute atomic E-state index is 0.104. The van der Waals surface area contributed by atoms with Crippen LogP contribution in [0.15, 0.2) is 66.7 Å². The largest absolute Gasteiger partial charge is 0.453 e. The van der Waals surface area contributed by atoms with Crippen LogP contribution in [0.25, 0.3) is 11.1 Å². The molecule has 4 aromatic rings. The number of aryl methyl sites for hydroxylation is 2. The second-order valence-corrected chi connectivity index (χ2v) is 12.4. The maximum Gasteiger partial charge on any atom is 0.406 e. The van der Waals surface area contributed by atoms with E-state index in [9.17, 15) is 14.7 Å². The molecule has 1 fully saturated rings. The topological polar surface area (TPSA) is 145 Å². The van der Waals surface area contributed by atoms with E-state index in [1.807, 2.05) is 55.5 Å². The highest BCUT2D eigenvalue weighted by Gasteiger charge is 2.43. The first-order valence-corrected chi connectivity index (χ1v) is 16.5. The summed E-state index contributed by atoms with van der Waals surface area (Å²) >= 11 is 0. The third-order valence-electron chi connectivity index (χ3n) is 9.05. The molecule has 2 amide bonds. The molecule has 4 N–H and O–H groups in total.